The smallest absolute Gasteiger partial charge is 0.338 e. The molecule has 0 aliphatic carbocycles. The molecule has 40 heavy (non-hydrogen) atoms. The number of thiazole rings is 1. The van der Waals surface area contributed by atoms with Gasteiger partial charge in [-0.25, -0.2) is 18.6 Å². The number of nitrogens with zero attached hydrogens (tertiary/aromatic N) is 2. The summed E-state index contributed by atoms with van der Waals surface area (Å²) in [4.78, 5) is 31.7. The highest BCUT2D eigenvalue weighted by molar-refractivity contribution is 7.07. The molecular weight excluding hydrogens is 558 g/mol. The minimum atomic E-state index is -0.855. The Kier molecular flexibility index (Phi) is 7.95. The van der Waals surface area contributed by atoms with E-state index >= 15 is 0 Å². The maximum absolute atomic E-state index is 13.8. The van der Waals surface area contributed by atoms with Gasteiger partial charge in [0, 0.05) is 10.6 Å². The fourth-order valence-corrected chi connectivity index (χ4v) is 5.62. The van der Waals surface area contributed by atoms with Gasteiger partial charge in [0.05, 0.1) is 28.5 Å². The third kappa shape index (κ3) is 5.61. The summed E-state index contributed by atoms with van der Waals surface area (Å²) in [5, 5.41) is 0.442. The molecule has 1 atom stereocenters. The molecule has 6 nitrogen and oxygen atoms in total. The van der Waals surface area contributed by atoms with Crippen molar-refractivity contribution in [1.29, 1.82) is 0 Å². The van der Waals surface area contributed by atoms with Crippen molar-refractivity contribution >= 4 is 35.0 Å². The van der Waals surface area contributed by atoms with Gasteiger partial charge in [-0.2, -0.15) is 0 Å². The maximum Gasteiger partial charge on any atom is 0.338 e. The minimum Gasteiger partial charge on any atom is -0.488 e. The molecular formula is C30H23ClF2N2O4S. The van der Waals surface area contributed by atoms with Gasteiger partial charge in [-0.15, -0.1) is 0 Å². The molecule has 1 aliphatic rings. The summed E-state index contributed by atoms with van der Waals surface area (Å²) >= 11 is 7.42. The Morgan fingerprint density at radius 1 is 1.07 bits per heavy atom. The summed E-state index contributed by atoms with van der Waals surface area (Å²) in [6.07, 6.45) is 1.65. The lowest BCUT2D eigenvalue weighted by atomic mass is 9.96. The molecule has 1 aliphatic heterocycles. The molecule has 0 N–H and O–H groups in total. The number of aromatic nitrogens is 1. The number of allylic oxidation sites excluding steroid dienone is 1. The molecule has 0 unspecified atom stereocenters. The van der Waals surface area contributed by atoms with E-state index < -0.39 is 23.4 Å². The van der Waals surface area contributed by atoms with Gasteiger partial charge >= 0.3 is 5.97 Å². The summed E-state index contributed by atoms with van der Waals surface area (Å²) in [5.74, 6) is -0.910. The average molecular weight is 581 g/mol. The zero-order valence-electron chi connectivity index (χ0n) is 21.5. The highest BCUT2D eigenvalue weighted by Gasteiger charge is 2.33. The molecule has 3 aromatic carbocycles. The van der Waals surface area contributed by atoms with Gasteiger partial charge in [-0.05, 0) is 73.5 Å². The Bertz CT molecular complexity index is 1800. The number of carbonyl (C=O) groups is 1. The lowest BCUT2D eigenvalue weighted by molar-refractivity contribution is -0.139. The summed E-state index contributed by atoms with van der Waals surface area (Å²) in [6.45, 7) is 3.69. The number of hydrogen-bond donors (Lipinski definition) is 0. The molecule has 204 valence electrons. The Balaban J connectivity index is 1.61. The molecule has 0 amide bonds. The van der Waals surface area contributed by atoms with E-state index in [-0.39, 0.29) is 24.6 Å². The SMILES string of the molecule is CCOC(=O)C1=C(C)N=c2s/c(=C\c3cc(Cl)ccc3OCc3ccc(F)cc3)c(=O)n2[C@@H]1c1ccc(F)cc1. The van der Waals surface area contributed by atoms with Crippen LogP contribution in [0, 0.1) is 11.6 Å². The second kappa shape index (κ2) is 11.6. The second-order valence-corrected chi connectivity index (χ2v) is 10.4. The summed E-state index contributed by atoms with van der Waals surface area (Å²) < 4.78 is 40.0. The maximum atomic E-state index is 13.8. The lowest BCUT2D eigenvalue weighted by Gasteiger charge is -2.24. The van der Waals surface area contributed by atoms with Crippen LogP contribution in [-0.4, -0.2) is 17.1 Å². The van der Waals surface area contributed by atoms with E-state index in [9.17, 15) is 18.4 Å². The first-order chi connectivity index (χ1) is 19.2. The molecule has 0 spiro atoms. The zero-order chi connectivity index (χ0) is 28.4. The molecule has 5 rings (SSSR count). The zero-order valence-corrected chi connectivity index (χ0v) is 23.1. The van der Waals surface area contributed by atoms with E-state index in [0.717, 1.165) is 16.9 Å². The van der Waals surface area contributed by atoms with Gasteiger partial charge in [-0.1, -0.05) is 47.2 Å². The van der Waals surface area contributed by atoms with Crippen LogP contribution in [0.25, 0.3) is 6.08 Å². The van der Waals surface area contributed by atoms with E-state index in [0.29, 0.717) is 36.9 Å². The first kappa shape index (κ1) is 27.5. The number of benzene rings is 3. The van der Waals surface area contributed by atoms with Crippen LogP contribution in [0.1, 0.15) is 36.6 Å². The molecule has 0 bridgehead atoms. The number of ether oxygens (including phenoxy) is 2. The van der Waals surface area contributed by atoms with Crippen molar-refractivity contribution < 1.29 is 23.0 Å². The lowest BCUT2D eigenvalue weighted by Crippen LogP contribution is -2.39. The van der Waals surface area contributed by atoms with E-state index in [2.05, 4.69) is 4.99 Å². The van der Waals surface area contributed by atoms with Crippen LogP contribution < -0.4 is 19.6 Å². The quantitative estimate of drug-likeness (QED) is 0.278. The van der Waals surface area contributed by atoms with Crippen LogP contribution in [0.15, 0.2) is 87.8 Å². The standard InChI is InChI=1S/C30H23ClF2N2O4S/c1-3-38-29(37)26-17(2)34-30-35(27(26)19-6-11-23(33)12-7-19)28(36)25(40-30)15-20-14-21(31)8-13-24(20)39-16-18-4-9-22(32)10-5-18/h4-15,27H,3,16H2,1-2H3/b25-15-/t27-/m1/s1. The normalized spacial score (nSPS) is 15.0. The number of halogens is 3. The third-order valence-corrected chi connectivity index (χ3v) is 7.49. The molecule has 0 radical (unpaired) electrons. The van der Waals surface area contributed by atoms with Gasteiger partial charge in [-0.3, -0.25) is 9.36 Å². The predicted octanol–water partition coefficient (Wildman–Crippen LogP) is 5.31. The fraction of sp³-hybridized carbons (Fsp3) is 0.167. The Labute approximate surface area is 237 Å². The molecule has 4 aromatic rings. The number of esters is 1. The molecule has 10 heteroatoms. The van der Waals surface area contributed by atoms with Crippen molar-refractivity contribution in [2.45, 2.75) is 26.5 Å². The van der Waals surface area contributed by atoms with Crippen LogP contribution >= 0.6 is 22.9 Å². The van der Waals surface area contributed by atoms with Crippen LogP contribution in [0.4, 0.5) is 8.78 Å². The van der Waals surface area contributed by atoms with Crippen LogP contribution in [-0.2, 0) is 16.1 Å². The monoisotopic (exact) mass is 580 g/mol. The van der Waals surface area contributed by atoms with E-state index in [1.165, 1.54) is 41.0 Å². The van der Waals surface area contributed by atoms with E-state index in [1.54, 1.807) is 50.3 Å². The highest BCUT2D eigenvalue weighted by Crippen LogP contribution is 2.31. The summed E-state index contributed by atoms with van der Waals surface area (Å²) in [6, 6.07) is 15.8. The van der Waals surface area contributed by atoms with Crippen molar-refractivity contribution in [3.05, 3.63) is 131 Å². The number of carbonyl (C=O) groups excluding carboxylic acids is 1. The van der Waals surface area contributed by atoms with E-state index in [1.807, 2.05) is 0 Å². The van der Waals surface area contributed by atoms with Crippen LogP contribution in [0.3, 0.4) is 0 Å². The highest BCUT2D eigenvalue weighted by atomic mass is 35.5. The molecule has 0 saturated carbocycles. The topological polar surface area (TPSA) is 69.9 Å². The molecule has 1 aromatic heterocycles. The van der Waals surface area contributed by atoms with Gasteiger partial charge in [0.2, 0.25) is 0 Å². The first-order valence-corrected chi connectivity index (χ1v) is 13.6. The summed E-state index contributed by atoms with van der Waals surface area (Å²) in [5.41, 5.74) is 2.09. The van der Waals surface area contributed by atoms with Crippen molar-refractivity contribution in [1.82, 2.24) is 4.57 Å². The predicted molar refractivity (Wildman–Crippen MR) is 149 cm³/mol. The number of fused-ring (bicyclic) bond motifs is 1. The molecule has 2 heterocycles. The van der Waals surface area contributed by atoms with Crippen molar-refractivity contribution in [3.8, 4) is 5.75 Å². The van der Waals surface area contributed by atoms with Gasteiger partial charge in [0.25, 0.3) is 5.56 Å². The third-order valence-electron chi connectivity index (χ3n) is 6.27. The van der Waals surface area contributed by atoms with Gasteiger partial charge in [0.1, 0.15) is 24.0 Å². The Morgan fingerprint density at radius 3 is 2.42 bits per heavy atom. The summed E-state index contributed by atoms with van der Waals surface area (Å²) in [7, 11) is 0. The number of rotatable bonds is 7. The van der Waals surface area contributed by atoms with Gasteiger partial charge < -0.3 is 9.47 Å². The average Bonchev–Trinajstić information content (AvgIpc) is 3.23. The first-order valence-electron chi connectivity index (χ1n) is 12.4. The second-order valence-electron chi connectivity index (χ2n) is 8.95. The van der Waals surface area contributed by atoms with Crippen LogP contribution in [0.5, 0.6) is 5.75 Å². The molecule has 0 saturated heterocycles. The number of hydrogen-bond acceptors (Lipinski definition) is 6. The largest absolute Gasteiger partial charge is 0.488 e. The van der Waals surface area contributed by atoms with Gasteiger partial charge in [0.15, 0.2) is 4.80 Å². The van der Waals surface area contributed by atoms with Crippen molar-refractivity contribution in [2.75, 3.05) is 6.61 Å². The Morgan fingerprint density at radius 2 is 1.75 bits per heavy atom. The minimum absolute atomic E-state index is 0.144. The molecule has 0 fully saturated rings. The fourth-order valence-electron chi connectivity index (χ4n) is 4.40. The van der Waals surface area contributed by atoms with Crippen molar-refractivity contribution in [3.63, 3.8) is 0 Å². The van der Waals surface area contributed by atoms with Crippen LogP contribution in [0.2, 0.25) is 5.02 Å². The Hall–Kier alpha value is -4.08. The van der Waals surface area contributed by atoms with Crippen molar-refractivity contribution in [2.24, 2.45) is 4.99 Å². The van der Waals surface area contributed by atoms with E-state index in [4.69, 9.17) is 21.1 Å².